The standard InChI is InChI=1S/C34H43N3O6S/c1-5-30(34(39)35-27-16-8-6-9-17-27)36(23-26-15-13-12-14-25(26)2)33(38)24-37(44(40,41)29-18-10-7-11-19-29)31-22-28(42-3)20-21-32(31)43-4/h7,10-15,18-22,27,30H,5-6,8-9,16-17,23-24H2,1-4H3,(H,35,39)/t30-/m0/s1. The number of aryl methyl sites for hydroxylation is 1. The lowest BCUT2D eigenvalue weighted by Crippen LogP contribution is -2.54. The largest absolute Gasteiger partial charge is 0.497 e. The van der Waals surface area contributed by atoms with Crippen LogP contribution < -0.4 is 19.1 Å². The maximum Gasteiger partial charge on any atom is 0.264 e. The van der Waals surface area contributed by atoms with Crippen molar-refractivity contribution in [3.63, 3.8) is 0 Å². The molecule has 3 aromatic carbocycles. The number of ether oxygens (including phenoxy) is 2. The van der Waals surface area contributed by atoms with Crippen LogP contribution in [0.5, 0.6) is 11.5 Å². The molecule has 44 heavy (non-hydrogen) atoms. The number of rotatable bonds is 13. The van der Waals surface area contributed by atoms with Crippen LogP contribution >= 0.6 is 0 Å². The van der Waals surface area contributed by atoms with Crippen molar-refractivity contribution in [3.8, 4) is 11.5 Å². The Morgan fingerprint density at radius 3 is 2.25 bits per heavy atom. The monoisotopic (exact) mass is 621 g/mol. The summed E-state index contributed by atoms with van der Waals surface area (Å²) in [5.74, 6) is -0.0803. The number of sulfonamides is 1. The molecule has 1 aliphatic carbocycles. The van der Waals surface area contributed by atoms with Crippen LogP contribution in [0.3, 0.4) is 0 Å². The van der Waals surface area contributed by atoms with Crippen LogP contribution in [0.25, 0.3) is 0 Å². The van der Waals surface area contributed by atoms with E-state index in [2.05, 4.69) is 5.32 Å². The first-order chi connectivity index (χ1) is 21.2. The Balaban J connectivity index is 1.77. The lowest BCUT2D eigenvalue weighted by molar-refractivity contribution is -0.140. The average Bonchev–Trinajstić information content (AvgIpc) is 3.04. The third kappa shape index (κ3) is 7.72. The Labute approximate surface area is 261 Å². The molecule has 236 valence electrons. The van der Waals surface area contributed by atoms with Crippen molar-refractivity contribution in [2.24, 2.45) is 0 Å². The molecular formula is C34H43N3O6S. The molecule has 9 nitrogen and oxygen atoms in total. The summed E-state index contributed by atoms with van der Waals surface area (Å²) in [6.45, 7) is 3.41. The molecule has 1 fully saturated rings. The van der Waals surface area contributed by atoms with Crippen molar-refractivity contribution in [1.29, 1.82) is 0 Å². The number of methoxy groups -OCH3 is 2. The minimum Gasteiger partial charge on any atom is -0.497 e. The number of hydrogen-bond acceptors (Lipinski definition) is 6. The molecule has 2 amide bonds. The molecule has 0 spiro atoms. The van der Waals surface area contributed by atoms with Gasteiger partial charge in [0.05, 0.1) is 24.8 Å². The van der Waals surface area contributed by atoms with Gasteiger partial charge in [0.2, 0.25) is 11.8 Å². The van der Waals surface area contributed by atoms with Crippen LogP contribution in [-0.4, -0.2) is 58.0 Å². The predicted molar refractivity (Wildman–Crippen MR) is 171 cm³/mol. The van der Waals surface area contributed by atoms with Crippen LogP contribution in [0.15, 0.2) is 77.7 Å². The number of carbonyl (C=O) groups is 2. The van der Waals surface area contributed by atoms with Gasteiger partial charge in [-0.25, -0.2) is 8.42 Å². The van der Waals surface area contributed by atoms with E-state index in [1.165, 1.54) is 37.3 Å². The zero-order valence-electron chi connectivity index (χ0n) is 26.0. The topological polar surface area (TPSA) is 105 Å². The van der Waals surface area contributed by atoms with Gasteiger partial charge < -0.3 is 19.7 Å². The van der Waals surface area contributed by atoms with Crippen LogP contribution in [0.4, 0.5) is 5.69 Å². The van der Waals surface area contributed by atoms with E-state index in [1.54, 1.807) is 30.3 Å². The number of nitrogens with zero attached hydrogens (tertiary/aromatic N) is 2. The number of hydrogen-bond donors (Lipinski definition) is 1. The van der Waals surface area contributed by atoms with Crippen molar-refractivity contribution in [2.45, 2.75) is 75.9 Å². The summed E-state index contributed by atoms with van der Waals surface area (Å²) in [7, 11) is -1.33. The van der Waals surface area contributed by atoms with Gasteiger partial charge in [0.1, 0.15) is 24.1 Å². The predicted octanol–water partition coefficient (Wildman–Crippen LogP) is 5.46. The van der Waals surface area contributed by atoms with E-state index in [0.29, 0.717) is 12.2 Å². The second-order valence-corrected chi connectivity index (χ2v) is 12.9. The van der Waals surface area contributed by atoms with Crippen LogP contribution in [0.2, 0.25) is 0 Å². The van der Waals surface area contributed by atoms with Gasteiger partial charge in [-0.1, -0.05) is 68.7 Å². The minimum atomic E-state index is -4.25. The van der Waals surface area contributed by atoms with Crippen molar-refractivity contribution >= 4 is 27.5 Å². The van der Waals surface area contributed by atoms with Gasteiger partial charge in [-0.15, -0.1) is 0 Å². The summed E-state index contributed by atoms with van der Waals surface area (Å²) < 4.78 is 40.4. The summed E-state index contributed by atoms with van der Waals surface area (Å²) in [4.78, 5) is 29.7. The number of nitrogens with one attached hydrogen (secondary N) is 1. The van der Waals surface area contributed by atoms with Crippen molar-refractivity contribution in [3.05, 3.63) is 83.9 Å². The van der Waals surface area contributed by atoms with Crippen LogP contribution in [0, 0.1) is 6.92 Å². The second-order valence-electron chi connectivity index (χ2n) is 11.1. The molecule has 0 radical (unpaired) electrons. The van der Waals surface area contributed by atoms with Gasteiger partial charge in [-0.3, -0.25) is 13.9 Å². The summed E-state index contributed by atoms with van der Waals surface area (Å²) >= 11 is 0. The van der Waals surface area contributed by atoms with E-state index in [-0.39, 0.29) is 34.8 Å². The molecule has 1 aliphatic rings. The van der Waals surface area contributed by atoms with E-state index < -0.39 is 28.5 Å². The molecule has 0 saturated heterocycles. The third-order valence-corrected chi connectivity index (χ3v) is 9.98. The first-order valence-electron chi connectivity index (χ1n) is 15.1. The molecule has 1 atom stereocenters. The molecule has 0 unspecified atom stereocenters. The summed E-state index contributed by atoms with van der Waals surface area (Å²) in [6, 6.07) is 19.7. The molecule has 0 aliphatic heterocycles. The average molecular weight is 622 g/mol. The molecule has 1 saturated carbocycles. The van der Waals surface area contributed by atoms with Gasteiger partial charge >= 0.3 is 0 Å². The zero-order chi connectivity index (χ0) is 31.7. The summed E-state index contributed by atoms with van der Waals surface area (Å²) in [6.07, 6.45) is 5.45. The van der Waals surface area contributed by atoms with E-state index in [9.17, 15) is 18.0 Å². The number of carbonyl (C=O) groups excluding carboxylic acids is 2. The normalized spacial score (nSPS) is 14.4. The van der Waals surface area contributed by atoms with E-state index in [0.717, 1.165) is 47.5 Å². The SMILES string of the molecule is CC[C@@H](C(=O)NC1CCCCC1)N(Cc1ccccc1C)C(=O)CN(c1cc(OC)ccc1OC)S(=O)(=O)c1ccccc1. The highest BCUT2D eigenvalue weighted by molar-refractivity contribution is 7.92. The smallest absolute Gasteiger partial charge is 0.264 e. The lowest BCUT2D eigenvalue weighted by atomic mass is 9.95. The highest BCUT2D eigenvalue weighted by Gasteiger charge is 2.35. The Morgan fingerprint density at radius 2 is 1.61 bits per heavy atom. The fourth-order valence-corrected chi connectivity index (χ4v) is 7.10. The maximum absolute atomic E-state index is 14.4. The van der Waals surface area contributed by atoms with Crippen molar-refractivity contribution in [1.82, 2.24) is 10.2 Å². The van der Waals surface area contributed by atoms with Gasteiger partial charge in [-0.2, -0.15) is 0 Å². The lowest BCUT2D eigenvalue weighted by Gasteiger charge is -2.35. The molecule has 0 bridgehead atoms. The Hall–Kier alpha value is -4.05. The number of benzene rings is 3. The molecule has 3 aromatic rings. The van der Waals surface area contributed by atoms with Gasteiger partial charge in [0, 0.05) is 18.7 Å². The van der Waals surface area contributed by atoms with Crippen LogP contribution in [-0.2, 0) is 26.2 Å². The van der Waals surface area contributed by atoms with E-state index in [4.69, 9.17) is 9.47 Å². The van der Waals surface area contributed by atoms with Gasteiger partial charge in [0.25, 0.3) is 10.0 Å². The number of amides is 2. The van der Waals surface area contributed by atoms with Gasteiger partial charge in [-0.05, 0) is 61.6 Å². The van der Waals surface area contributed by atoms with Gasteiger partial charge in [0.15, 0.2) is 0 Å². The Kier molecular flexibility index (Phi) is 11.3. The molecular weight excluding hydrogens is 578 g/mol. The second kappa shape index (κ2) is 15.1. The van der Waals surface area contributed by atoms with Crippen molar-refractivity contribution < 1.29 is 27.5 Å². The quantitative estimate of drug-likeness (QED) is 0.272. The molecule has 0 aromatic heterocycles. The van der Waals surface area contributed by atoms with Crippen LogP contribution in [0.1, 0.15) is 56.6 Å². The van der Waals surface area contributed by atoms with E-state index >= 15 is 0 Å². The molecule has 4 rings (SSSR count). The minimum absolute atomic E-state index is 0.0187. The fraction of sp³-hybridized carbons (Fsp3) is 0.412. The Bertz CT molecular complexity index is 1520. The molecule has 0 heterocycles. The highest BCUT2D eigenvalue weighted by Crippen LogP contribution is 2.36. The fourth-order valence-electron chi connectivity index (χ4n) is 5.66. The molecule has 10 heteroatoms. The summed E-state index contributed by atoms with van der Waals surface area (Å²) in [5, 5.41) is 3.18. The first-order valence-corrected chi connectivity index (χ1v) is 16.6. The highest BCUT2D eigenvalue weighted by atomic mass is 32.2. The zero-order valence-corrected chi connectivity index (χ0v) is 26.8. The summed E-state index contributed by atoms with van der Waals surface area (Å²) in [5.41, 5.74) is 2.00. The maximum atomic E-state index is 14.4. The molecule has 1 N–H and O–H groups in total. The van der Waals surface area contributed by atoms with E-state index in [1.807, 2.05) is 38.1 Å². The van der Waals surface area contributed by atoms with Crippen molar-refractivity contribution in [2.75, 3.05) is 25.1 Å². The first kappa shape index (κ1) is 32.9. The third-order valence-electron chi connectivity index (χ3n) is 8.20. The Morgan fingerprint density at radius 1 is 0.932 bits per heavy atom. The number of anilines is 1.